The molecule has 37 heavy (non-hydrogen) atoms. The molecule has 0 radical (unpaired) electrons. The fourth-order valence-electron chi connectivity index (χ4n) is 3.24. The summed E-state index contributed by atoms with van der Waals surface area (Å²) in [6.07, 6.45) is 0. The molecule has 2 aromatic heterocycles. The second-order valence-corrected chi connectivity index (χ2v) is 11.6. The molecule has 2 aromatic rings. The Morgan fingerprint density at radius 3 is 2.81 bits per heavy atom. The van der Waals surface area contributed by atoms with E-state index in [0.717, 1.165) is 27.8 Å². The lowest BCUT2D eigenvalue weighted by molar-refractivity contribution is -0.150. The van der Waals surface area contributed by atoms with Crippen molar-refractivity contribution in [2.45, 2.75) is 15.8 Å². The number of thiocarbonyl (C=S) groups is 1. The molecule has 2 aliphatic heterocycles. The third-order valence-electron chi connectivity index (χ3n) is 4.73. The van der Waals surface area contributed by atoms with E-state index in [4.69, 9.17) is 33.9 Å². The van der Waals surface area contributed by atoms with E-state index in [0.29, 0.717) is 9.35 Å². The van der Waals surface area contributed by atoms with Gasteiger partial charge in [-0.1, -0.05) is 40.5 Å². The highest BCUT2D eigenvalue weighted by atomic mass is 32.2. The van der Waals surface area contributed by atoms with Crippen LogP contribution in [0.25, 0.3) is 0 Å². The van der Waals surface area contributed by atoms with Crippen molar-refractivity contribution in [1.29, 1.82) is 5.41 Å². The van der Waals surface area contributed by atoms with Gasteiger partial charge in [-0.3, -0.25) is 19.9 Å². The molecule has 0 aliphatic carbocycles. The van der Waals surface area contributed by atoms with Crippen LogP contribution >= 0.6 is 58.6 Å². The number of hydrogen-bond donors (Lipinski definition) is 5. The zero-order valence-electron chi connectivity index (χ0n) is 18.5. The lowest BCUT2D eigenvalue weighted by Gasteiger charge is -2.49. The fraction of sp³-hybridized carbons (Fsp3) is 0.294. The lowest BCUT2D eigenvalue weighted by atomic mass is 10.0. The zero-order valence-corrected chi connectivity index (χ0v) is 22.6. The molecule has 7 N–H and O–H groups in total. The Labute approximate surface area is 229 Å². The molecular weight excluding hydrogens is 585 g/mol. The van der Waals surface area contributed by atoms with Crippen LogP contribution in [0.4, 0.5) is 5.13 Å². The largest absolute Gasteiger partial charge is 0.477 e. The van der Waals surface area contributed by atoms with Gasteiger partial charge in [-0.25, -0.2) is 4.79 Å². The van der Waals surface area contributed by atoms with Gasteiger partial charge in [-0.15, -0.1) is 22.0 Å². The van der Waals surface area contributed by atoms with E-state index in [1.807, 2.05) is 0 Å². The number of nitrogens with one attached hydrogen (secondary N) is 2. The standard InChI is InChI=1S/C17H16N10O5S5/c1-32-25-6(10-22-16(20)37-26-10)11(28)21-7-13(29)27-8(15(30)31)4(2-34-14(7)27)9(33)12-23-24-17(36-12)35-3-5(18)19/h7,14H,2-3H2,1H3,(H3,18,19)(H,21,28)(H,30,31)(H2,20,22,26)/b25-6-/t7-,14+/m1/s1. The predicted octanol–water partition coefficient (Wildman–Crippen LogP) is -0.493. The van der Waals surface area contributed by atoms with Gasteiger partial charge in [0.15, 0.2) is 14.5 Å². The monoisotopic (exact) mass is 600 g/mol. The van der Waals surface area contributed by atoms with Crippen LogP contribution in [0.3, 0.4) is 0 Å². The first-order valence-electron chi connectivity index (χ1n) is 9.89. The summed E-state index contributed by atoms with van der Waals surface area (Å²) in [7, 11) is 1.23. The van der Waals surface area contributed by atoms with Gasteiger partial charge in [-0.2, -0.15) is 9.36 Å². The summed E-state index contributed by atoms with van der Waals surface area (Å²) in [6.45, 7) is 0. The van der Waals surface area contributed by atoms with Crippen LogP contribution in [-0.4, -0.2) is 93.8 Å². The van der Waals surface area contributed by atoms with Crippen LogP contribution in [-0.2, 0) is 19.2 Å². The van der Waals surface area contributed by atoms with Gasteiger partial charge in [-0.05, 0) is 0 Å². The Kier molecular flexibility index (Phi) is 8.02. The minimum absolute atomic E-state index is 0.0274. The number of aliphatic carboxylic acids is 1. The van der Waals surface area contributed by atoms with Crippen LogP contribution in [0.2, 0.25) is 0 Å². The molecule has 2 aliphatic rings. The molecule has 194 valence electrons. The van der Waals surface area contributed by atoms with Gasteiger partial charge in [0.05, 0.1) is 10.6 Å². The van der Waals surface area contributed by atoms with Crippen molar-refractivity contribution in [2.75, 3.05) is 24.3 Å². The van der Waals surface area contributed by atoms with E-state index in [-0.39, 0.29) is 50.1 Å². The van der Waals surface area contributed by atoms with Gasteiger partial charge in [0.25, 0.3) is 11.8 Å². The summed E-state index contributed by atoms with van der Waals surface area (Å²) in [5.41, 5.74) is 10.6. The molecule has 2 amide bonds. The average molecular weight is 601 g/mol. The number of carboxylic acid groups (broad SMARTS) is 1. The fourth-order valence-corrected chi connectivity index (χ4v) is 7.02. The Balaban J connectivity index is 1.53. The van der Waals surface area contributed by atoms with Crippen molar-refractivity contribution >= 4 is 97.9 Å². The molecule has 15 nitrogen and oxygen atoms in total. The third kappa shape index (κ3) is 5.42. The Bertz CT molecular complexity index is 1370. The number of carboxylic acids is 1. The normalized spacial score (nSPS) is 19.2. The number of amidine groups is 1. The van der Waals surface area contributed by atoms with Crippen molar-refractivity contribution < 1.29 is 24.3 Å². The van der Waals surface area contributed by atoms with Gasteiger partial charge in [0.2, 0.25) is 11.5 Å². The maximum atomic E-state index is 13.0. The van der Waals surface area contributed by atoms with Gasteiger partial charge >= 0.3 is 5.97 Å². The van der Waals surface area contributed by atoms with Gasteiger partial charge in [0, 0.05) is 22.9 Å². The SMILES string of the molecule is CO/N=C(\C(=O)N[C@@H]1C(=O)N2C(C(=O)O)=C(C(=S)c3nnc(SCC(=N)N)s3)CS[C@@H]12)c1nsc(N)n1. The highest BCUT2D eigenvalue weighted by Crippen LogP contribution is 2.41. The Morgan fingerprint density at radius 1 is 1.43 bits per heavy atom. The number of β-lactam (4-membered cyclic amide) rings is 1. The molecule has 4 rings (SSSR count). The summed E-state index contributed by atoms with van der Waals surface area (Å²) < 4.78 is 4.44. The summed E-state index contributed by atoms with van der Waals surface area (Å²) in [5, 5.41) is 31.1. The molecule has 20 heteroatoms. The number of aromatic nitrogens is 4. The van der Waals surface area contributed by atoms with Crippen LogP contribution in [0.1, 0.15) is 10.8 Å². The first-order chi connectivity index (χ1) is 17.6. The first kappa shape index (κ1) is 26.9. The second-order valence-electron chi connectivity index (χ2n) is 7.09. The second kappa shape index (κ2) is 11.0. The van der Waals surface area contributed by atoms with Crippen molar-refractivity contribution in [3.8, 4) is 0 Å². The number of fused-ring (bicyclic) bond motifs is 1. The number of carbonyl (C=O) groups is 3. The molecule has 0 unspecified atom stereocenters. The molecular formula is C17H16N10O5S5. The van der Waals surface area contributed by atoms with Crippen LogP contribution < -0.4 is 16.8 Å². The molecule has 4 heterocycles. The smallest absolute Gasteiger partial charge is 0.353 e. The van der Waals surface area contributed by atoms with E-state index in [2.05, 4.69) is 30.0 Å². The summed E-state index contributed by atoms with van der Waals surface area (Å²) in [4.78, 5) is 47.9. The Hall–Kier alpha value is -3.20. The third-order valence-corrected chi connectivity index (χ3v) is 9.25. The highest BCUT2D eigenvalue weighted by molar-refractivity contribution is 8.01. The van der Waals surface area contributed by atoms with Gasteiger partial charge in [0.1, 0.15) is 30.1 Å². The minimum Gasteiger partial charge on any atom is -0.477 e. The lowest BCUT2D eigenvalue weighted by Crippen LogP contribution is -2.71. The maximum absolute atomic E-state index is 13.0. The molecule has 1 saturated heterocycles. The number of nitrogens with two attached hydrogens (primary N) is 2. The van der Waals surface area contributed by atoms with E-state index in [1.165, 1.54) is 30.6 Å². The number of rotatable bonds is 10. The summed E-state index contributed by atoms with van der Waals surface area (Å²) in [5.74, 6) is -2.50. The van der Waals surface area contributed by atoms with Crippen LogP contribution in [0, 0.1) is 5.41 Å². The predicted molar refractivity (Wildman–Crippen MR) is 142 cm³/mol. The van der Waals surface area contributed by atoms with Crippen molar-refractivity contribution in [3.05, 3.63) is 22.1 Å². The van der Waals surface area contributed by atoms with E-state index >= 15 is 0 Å². The van der Waals surface area contributed by atoms with Crippen molar-refractivity contribution in [2.24, 2.45) is 10.9 Å². The molecule has 0 aromatic carbocycles. The highest BCUT2D eigenvalue weighted by Gasteiger charge is 2.55. The topological polar surface area (TPSA) is 236 Å². The number of oxime groups is 1. The van der Waals surface area contributed by atoms with E-state index < -0.39 is 29.2 Å². The number of thioether (sulfide) groups is 2. The summed E-state index contributed by atoms with van der Waals surface area (Å²) >= 11 is 9.92. The minimum atomic E-state index is -1.35. The molecule has 0 spiro atoms. The van der Waals surface area contributed by atoms with Crippen molar-refractivity contribution in [1.82, 2.24) is 29.8 Å². The van der Waals surface area contributed by atoms with Crippen molar-refractivity contribution in [3.63, 3.8) is 0 Å². The van der Waals surface area contributed by atoms with E-state index in [9.17, 15) is 19.5 Å². The molecule has 1 fully saturated rings. The molecule has 0 bridgehead atoms. The van der Waals surface area contributed by atoms with Crippen LogP contribution in [0.15, 0.2) is 20.8 Å². The maximum Gasteiger partial charge on any atom is 0.353 e. The molecule has 2 atom stereocenters. The number of nitrogens with zero attached hydrogens (tertiary/aromatic N) is 6. The number of anilines is 1. The zero-order chi connectivity index (χ0) is 26.9. The van der Waals surface area contributed by atoms with E-state index in [1.54, 1.807) is 0 Å². The number of carbonyl (C=O) groups excluding carboxylic acids is 2. The quantitative estimate of drug-likeness (QED) is 0.0440. The first-order valence-corrected chi connectivity index (χ1v) is 13.9. The summed E-state index contributed by atoms with van der Waals surface area (Å²) in [6, 6.07) is -1.03. The number of amides is 2. The number of nitrogen functional groups attached to an aromatic ring is 1. The van der Waals surface area contributed by atoms with Gasteiger partial charge < -0.3 is 26.7 Å². The van der Waals surface area contributed by atoms with Crippen LogP contribution in [0.5, 0.6) is 0 Å². The number of hydrogen-bond acceptors (Lipinski definition) is 16. The molecule has 0 saturated carbocycles. The average Bonchev–Trinajstić information content (AvgIpc) is 3.51. The Morgan fingerprint density at radius 2 is 2.19 bits per heavy atom.